The van der Waals surface area contributed by atoms with Gasteiger partial charge in [-0.25, -0.2) is 8.42 Å². The first-order valence-corrected chi connectivity index (χ1v) is 8.70. The molecule has 3 rings (SSSR count). The van der Waals surface area contributed by atoms with Crippen molar-refractivity contribution in [3.8, 4) is 0 Å². The quantitative estimate of drug-likeness (QED) is 0.793. The van der Waals surface area contributed by atoms with Gasteiger partial charge in [0.15, 0.2) is 0 Å². The molecule has 2 aromatic carbocycles. The van der Waals surface area contributed by atoms with Crippen molar-refractivity contribution in [3.05, 3.63) is 42.5 Å². The average molecular weight is 334 g/mol. The molecule has 0 saturated carbocycles. The molecule has 0 aliphatic rings. The monoisotopic (exact) mass is 334 g/mol. The highest BCUT2D eigenvalue weighted by Crippen LogP contribution is 2.25. The highest BCUT2D eigenvalue weighted by atomic mass is 32.2. The maximum Gasteiger partial charge on any atom is 0.264 e. The lowest BCUT2D eigenvalue weighted by atomic mass is 10.3. The van der Waals surface area contributed by atoms with E-state index in [0.29, 0.717) is 16.7 Å². The number of benzene rings is 2. The molecule has 0 atom stereocenters. The number of hydrogen-bond donors (Lipinski definition) is 1. The van der Waals surface area contributed by atoms with Gasteiger partial charge < -0.3 is 4.90 Å². The third-order valence-electron chi connectivity index (χ3n) is 3.15. The highest BCUT2D eigenvalue weighted by Gasteiger charge is 2.19. The third-order valence-corrected chi connectivity index (χ3v) is 5.11. The predicted octanol–water partition coefficient (Wildman–Crippen LogP) is 2.56. The summed E-state index contributed by atoms with van der Waals surface area (Å²) in [7, 11) is 0.0796. The van der Waals surface area contributed by atoms with Crippen LogP contribution in [0, 0.1) is 0 Å². The Balaban J connectivity index is 2.01. The Hall–Kier alpha value is -2.19. The van der Waals surface area contributed by atoms with Crippen molar-refractivity contribution in [1.29, 1.82) is 0 Å². The summed E-state index contributed by atoms with van der Waals surface area (Å²) in [6.07, 6.45) is 0. The van der Waals surface area contributed by atoms with Gasteiger partial charge in [0.2, 0.25) is 0 Å². The van der Waals surface area contributed by atoms with E-state index in [-0.39, 0.29) is 4.90 Å². The smallest absolute Gasteiger partial charge is 0.264 e. The minimum absolute atomic E-state index is 0.133. The molecule has 0 unspecified atom stereocenters. The Kier molecular flexibility index (Phi) is 3.71. The number of hydrogen-bond acceptors (Lipinski definition) is 6. The van der Waals surface area contributed by atoms with Gasteiger partial charge in [-0.3, -0.25) is 4.72 Å². The van der Waals surface area contributed by atoms with E-state index in [4.69, 9.17) is 0 Å². The van der Waals surface area contributed by atoms with Crippen LogP contribution < -0.4 is 9.62 Å². The Morgan fingerprint density at radius 1 is 1.09 bits per heavy atom. The van der Waals surface area contributed by atoms with E-state index in [9.17, 15) is 8.42 Å². The predicted molar refractivity (Wildman–Crippen MR) is 89.0 cm³/mol. The molecule has 6 nitrogen and oxygen atoms in total. The summed E-state index contributed by atoms with van der Waals surface area (Å²) < 4.78 is 36.0. The molecule has 0 aliphatic carbocycles. The van der Waals surface area contributed by atoms with Crippen molar-refractivity contribution >= 4 is 44.2 Å². The Bertz CT molecular complexity index is 919. The molecule has 22 heavy (non-hydrogen) atoms. The van der Waals surface area contributed by atoms with Crippen LogP contribution in [0.3, 0.4) is 0 Å². The van der Waals surface area contributed by atoms with Crippen LogP contribution in [-0.4, -0.2) is 31.3 Å². The summed E-state index contributed by atoms with van der Waals surface area (Å²) in [4.78, 5) is 2.04. The fourth-order valence-corrected chi connectivity index (χ4v) is 3.87. The topological polar surface area (TPSA) is 75.2 Å². The largest absolute Gasteiger partial charge is 0.378 e. The molecule has 3 aromatic rings. The summed E-state index contributed by atoms with van der Waals surface area (Å²) in [5.41, 5.74) is 2.39. The fourth-order valence-electron chi connectivity index (χ4n) is 2.06. The third kappa shape index (κ3) is 2.75. The van der Waals surface area contributed by atoms with E-state index in [1.165, 1.54) is 6.07 Å². The number of sulfonamides is 1. The number of nitrogens with zero attached hydrogens (tertiary/aromatic N) is 3. The number of nitrogens with one attached hydrogen (secondary N) is 1. The maximum atomic E-state index is 12.6. The van der Waals surface area contributed by atoms with Crippen molar-refractivity contribution in [2.24, 2.45) is 0 Å². The van der Waals surface area contributed by atoms with Crippen LogP contribution in [0.2, 0.25) is 0 Å². The van der Waals surface area contributed by atoms with Crippen LogP contribution in [0.4, 0.5) is 11.4 Å². The zero-order valence-electron chi connectivity index (χ0n) is 12.0. The van der Waals surface area contributed by atoms with Crippen LogP contribution >= 0.6 is 11.7 Å². The second kappa shape index (κ2) is 5.54. The lowest BCUT2D eigenvalue weighted by Gasteiger charge is -2.14. The highest BCUT2D eigenvalue weighted by molar-refractivity contribution is 7.93. The molecule has 0 saturated heterocycles. The van der Waals surface area contributed by atoms with Crippen molar-refractivity contribution < 1.29 is 8.42 Å². The van der Waals surface area contributed by atoms with Crippen molar-refractivity contribution in [2.75, 3.05) is 23.7 Å². The van der Waals surface area contributed by atoms with Crippen molar-refractivity contribution in [3.63, 3.8) is 0 Å². The van der Waals surface area contributed by atoms with Crippen LogP contribution in [0.5, 0.6) is 0 Å². The van der Waals surface area contributed by atoms with Crippen molar-refractivity contribution in [1.82, 2.24) is 8.75 Å². The van der Waals surface area contributed by atoms with Gasteiger partial charge in [-0.05, 0) is 30.3 Å². The summed E-state index contributed by atoms with van der Waals surface area (Å²) in [6.45, 7) is 0. The van der Waals surface area contributed by atoms with Gasteiger partial charge in [0.1, 0.15) is 15.9 Å². The molecule has 0 radical (unpaired) electrons. The van der Waals surface area contributed by atoms with E-state index in [2.05, 4.69) is 13.5 Å². The molecule has 114 valence electrons. The van der Waals surface area contributed by atoms with Gasteiger partial charge in [-0.1, -0.05) is 12.1 Å². The second-order valence-corrected chi connectivity index (χ2v) is 7.12. The van der Waals surface area contributed by atoms with E-state index in [1.807, 2.05) is 25.1 Å². The van der Waals surface area contributed by atoms with Gasteiger partial charge in [0, 0.05) is 19.8 Å². The second-order valence-electron chi connectivity index (χ2n) is 4.94. The van der Waals surface area contributed by atoms with E-state index >= 15 is 0 Å². The SMILES string of the molecule is CN(C)c1cccc(NS(=O)(=O)c2cccc3nsnc23)c1. The first kappa shape index (κ1) is 14.7. The van der Waals surface area contributed by atoms with Gasteiger partial charge in [0.25, 0.3) is 10.0 Å². The van der Waals surface area contributed by atoms with Crippen LogP contribution in [0.25, 0.3) is 11.0 Å². The van der Waals surface area contributed by atoms with Crippen molar-refractivity contribution in [2.45, 2.75) is 4.90 Å². The van der Waals surface area contributed by atoms with E-state index in [0.717, 1.165) is 17.4 Å². The minimum atomic E-state index is -3.72. The number of fused-ring (bicyclic) bond motifs is 1. The first-order chi connectivity index (χ1) is 10.5. The van der Waals surface area contributed by atoms with Gasteiger partial charge in [-0.15, -0.1) is 0 Å². The molecule has 1 aromatic heterocycles. The Morgan fingerprint density at radius 3 is 2.64 bits per heavy atom. The summed E-state index contributed by atoms with van der Waals surface area (Å²) in [5, 5.41) is 0. The van der Waals surface area contributed by atoms with Gasteiger partial charge in [0.05, 0.1) is 17.4 Å². The number of anilines is 2. The van der Waals surface area contributed by atoms with E-state index < -0.39 is 10.0 Å². The molecule has 0 bridgehead atoms. The maximum absolute atomic E-state index is 12.6. The average Bonchev–Trinajstić information content (AvgIpc) is 2.95. The Labute approximate surface area is 132 Å². The Morgan fingerprint density at radius 2 is 1.86 bits per heavy atom. The van der Waals surface area contributed by atoms with Gasteiger partial charge in [-0.2, -0.15) is 8.75 Å². The molecule has 8 heteroatoms. The van der Waals surface area contributed by atoms with Gasteiger partial charge >= 0.3 is 0 Å². The number of rotatable bonds is 4. The molecular formula is C14H14N4O2S2. The fraction of sp³-hybridized carbons (Fsp3) is 0.143. The summed E-state index contributed by atoms with van der Waals surface area (Å²) >= 11 is 0.997. The molecule has 0 aliphatic heterocycles. The standard InChI is InChI=1S/C14H14N4O2S2/c1-18(2)11-6-3-5-10(9-11)17-22(19,20)13-8-4-7-12-14(13)16-21-15-12/h3-9,17H,1-2H3. The molecule has 1 heterocycles. The lowest BCUT2D eigenvalue weighted by Crippen LogP contribution is -2.14. The minimum Gasteiger partial charge on any atom is -0.378 e. The first-order valence-electron chi connectivity index (χ1n) is 6.49. The zero-order chi connectivity index (χ0) is 15.7. The zero-order valence-corrected chi connectivity index (χ0v) is 13.6. The van der Waals surface area contributed by atoms with E-state index in [1.54, 1.807) is 30.3 Å². The normalized spacial score (nSPS) is 11.5. The van der Waals surface area contributed by atoms with Crippen LogP contribution in [0.1, 0.15) is 0 Å². The summed E-state index contributed by atoms with van der Waals surface area (Å²) in [6, 6.07) is 12.1. The molecule has 0 spiro atoms. The molecular weight excluding hydrogens is 320 g/mol. The lowest BCUT2D eigenvalue weighted by molar-refractivity contribution is 0.602. The van der Waals surface area contributed by atoms with Crippen LogP contribution in [-0.2, 0) is 10.0 Å². The molecule has 1 N–H and O–H groups in total. The molecule has 0 fully saturated rings. The van der Waals surface area contributed by atoms with Crippen LogP contribution in [0.15, 0.2) is 47.4 Å². The summed E-state index contributed by atoms with van der Waals surface area (Å²) in [5.74, 6) is 0. The number of aromatic nitrogens is 2. The molecule has 0 amide bonds.